The van der Waals surface area contributed by atoms with E-state index in [2.05, 4.69) is 0 Å². The second kappa shape index (κ2) is 2.62. The third-order valence-corrected chi connectivity index (χ3v) is 12.3. The predicted octanol–water partition coefficient (Wildman–Crippen LogP) is 2.19. The van der Waals surface area contributed by atoms with Crippen LogP contribution in [-0.4, -0.2) is 24.4 Å². The number of hydrogen-bond acceptors (Lipinski definition) is 3. The minimum Gasteiger partial charge on any atom is -0.361 e. The number of ether oxygens (including phenoxy) is 1. The Morgan fingerprint density at radius 3 is 2.43 bits per heavy atom. The lowest BCUT2D eigenvalue weighted by Gasteiger charge is -2.54. The van der Waals surface area contributed by atoms with Gasteiger partial charge < -0.3 is 4.74 Å². The summed E-state index contributed by atoms with van der Waals surface area (Å²) in [6.07, 6.45) is 2.40. The first-order chi connectivity index (χ1) is 11.0. The van der Waals surface area contributed by atoms with Crippen LogP contribution in [-0.2, 0) is 14.6 Å². The van der Waals surface area contributed by atoms with Gasteiger partial charge in [0.05, 0.1) is 9.64 Å². The lowest BCUT2D eigenvalue weighted by Crippen LogP contribution is -2.63. The van der Waals surface area contributed by atoms with Gasteiger partial charge in [-0.15, -0.1) is 0 Å². The van der Waals surface area contributed by atoms with Crippen LogP contribution >= 0.6 is 0 Å². The highest BCUT2D eigenvalue weighted by molar-refractivity contribution is 7.93. The molecule has 7 saturated carbocycles. The van der Waals surface area contributed by atoms with Crippen molar-refractivity contribution < 1.29 is 13.2 Å². The lowest BCUT2D eigenvalue weighted by molar-refractivity contribution is 0.0439. The number of aryl methyl sites for hydroxylation is 1. The Hall–Kier alpha value is -0.870. The first-order valence-corrected chi connectivity index (χ1v) is 10.5. The van der Waals surface area contributed by atoms with Crippen LogP contribution in [0, 0.1) is 48.3 Å². The fourth-order valence-electron chi connectivity index (χ4n) is 9.77. The van der Waals surface area contributed by atoms with Crippen LogP contribution in [0.2, 0.25) is 0 Å². The largest absolute Gasteiger partial charge is 0.361 e. The normalized spacial score (nSPS) is 66.4. The quantitative estimate of drug-likeness (QED) is 0.783. The zero-order valence-corrected chi connectivity index (χ0v) is 13.7. The molecule has 0 N–H and O–H groups in total. The smallest absolute Gasteiger partial charge is 0.185 e. The summed E-state index contributed by atoms with van der Waals surface area (Å²) in [5.41, 5.74) is 1.29. The summed E-state index contributed by atoms with van der Waals surface area (Å²) in [6.45, 7) is 2.01. The van der Waals surface area contributed by atoms with E-state index in [0.29, 0.717) is 46.3 Å². The topological polar surface area (TPSA) is 46.7 Å². The molecule has 8 aliphatic rings. The molecule has 0 radical (unpaired) electrons. The van der Waals surface area contributed by atoms with Crippen molar-refractivity contribution in [1.29, 1.82) is 0 Å². The summed E-state index contributed by atoms with van der Waals surface area (Å²) in [5.74, 6) is 3.64. The Bertz CT molecular complexity index is 939. The molecule has 0 amide bonds. The zero-order valence-electron chi connectivity index (χ0n) is 12.9. The van der Waals surface area contributed by atoms with Crippen LogP contribution in [0.4, 0.5) is 0 Å². The molecular formula is C19H18O3S. The number of hydrogen-bond donors (Lipinski definition) is 0. The van der Waals surface area contributed by atoms with Gasteiger partial charge in [0.1, 0.15) is 11.2 Å². The van der Waals surface area contributed by atoms with Crippen LogP contribution < -0.4 is 0 Å². The number of benzene rings is 1. The van der Waals surface area contributed by atoms with Crippen LogP contribution in [0.5, 0.6) is 0 Å². The Morgan fingerprint density at radius 1 is 1.00 bits per heavy atom. The summed E-state index contributed by atoms with van der Waals surface area (Å²) in [6, 6.07) is 7.58. The molecule has 3 nitrogen and oxygen atoms in total. The van der Waals surface area contributed by atoms with Gasteiger partial charge in [-0.3, -0.25) is 0 Å². The van der Waals surface area contributed by atoms with Crippen molar-refractivity contribution in [3.05, 3.63) is 29.8 Å². The van der Waals surface area contributed by atoms with Crippen LogP contribution in [0.3, 0.4) is 0 Å². The molecule has 1 aromatic rings. The van der Waals surface area contributed by atoms with E-state index in [-0.39, 0.29) is 11.2 Å². The maximum absolute atomic E-state index is 13.8. The van der Waals surface area contributed by atoms with E-state index in [1.54, 1.807) is 0 Å². The highest BCUT2D eigenvalue weighted by Gasteiger charge is 3.11. The summed E-state index contributed by atoms with van der Waals surface area (Å²) in [4.78, 5) is 0.562. The lowest BCUT2D eigenvalue weighted by atomic mass is 9.59. The summed E-state index contributed by atoms with van der Waals surface area (Å²) in [5, 5.41) is 0. The number of rotatable bonds is 2. The zero-order chi connectivity index (χ0) is 15.1. The number of sulfone groups is 1. The van der Waals surface area contributed by atoms with Gasteiger partial charge in [0.2, 0.25) is 0 Å². The third kappa shape index (κ3) is 0.674. The monoisotopic (exact) mass is 326 g/mol. The molecule has 4 bridgehead atoms. The van der Waals surface area contributed by atoms with Gasteiger partial charge in [0.25, 0.3) is 0 Å². The van der Waals surface area contributed by atoms with Crippen molar-refractivity contribution in [3.63, 3.8) is 0 Å². The van der Waals surface area contributed by atoms with Crippen molar-refractivity contribution in [3.8, 4) is 0 Å². The Morgan fingerprint density at radius 2 is 1.70 bits per heavy atom. The SMILES string of the molecule is Cc1ccc(S(=O)(=O)[C@]23[C@@H]4[C@H]5[C@@H]2[C@@H]2C[C@H]5[C@]56O[C@@]25[C@H]3C[C@@H]46)cc1. The molecule has 118 valence electrons. The van der Waals surface area contributed by atoms with Crippen molar-refractivity contribution in [2.24, 2.45) is 41.4 Å². The van der Waals surface area contributed by atoms with E-state index >= 15 is 0 Å². The maximum Gasteiger partial charge on any atom is 0.185 e. The van der Waals surface area contributed by atoms with E-state index in [4.69, 9.17) is 4.74 Å². The third-order valence-electron chi connectivity index (χ3n) is 9.62. The second-order valence-electron chi connectivity index (χ2n) is 9.33. The van der Waals surface area contributed by atoms with Gasteiger partial charge >= 0.3 is 0 Å². The van der Waals surface area contributed by atoms with Crippen molar-refractivity contribution in [2.45, 2.75) is 40.6 Å². The summed E-state index contributed by atoms with van der Waals surface area (Å²) in [7, 11) is -3.26. The fourth-order valence-corrected chi connectivity index (χ4v) is 12.7. The van der Waals surface area contributed by atoms with E-state index in [0.717, 1.165) is 12.0 Å². The molecule has 1 heterocycles. The molecule has 7 aliphatic carbocycles. The standard InChI is InChI=1S/C19H18O3S/c1-8-2-4-9(5-3-8)23(20,21)17-13-7-12-16(17)14-10-6-11(15(14)17)19(13)18(10,12)22-19/h2-5,10-16H,6-7H2,1H3/t10-,11+,12+,13+,14-,15+,16+,17+,18-,19-/m1/s1. The molecule has 2 spiro atoms. The van der Waals surface area contributed by atoms with Gasteiger partial charge in [0.15, 0.2) is 9.84 Å². The molecule has 23 heavy (non-hydrogen) atoms. The summed E-state index contributed by atoms with van der Waals surface area (Å²) >= 11 is 0. The fraction of sp³-hybridized carbons (Fsp3) is 0.684. The first-order valence-electron chi connectivity index (χ1n) is 9.04. The van der Waals surface area contributed by atoms with Gasteiger partial charge in [0, 0.05) is 5.92 Å². The van der Waals surface area contributed by atoms with Gasteiger partial charge in [-0.05, 0) is 67.4 Å². The predicted molar refractivity (Wildman–Crippen MR) is 81.3 cm³/mol. The Kier molecular flexibility index (Phi) is 1.33. The van der Waals surface area contributed by atoms with Gasteiger partial charge in [-0.1, -0.05) is 17.7 Å². The Labute approximate surface area is 135 Å². The van der Waals surface area contributed by atoms with Crippen molar-refractivity contribution in [2.75, 3.05) is 0 Å². The Balaban J connectivity index is 1.43. The van der Waals surface area contributed by atoms with E-state index in [1.807, 2.05) is 31.2 Å². The van der Waals surface area contributed by atoms with E-state index < -0.39 is 14.6 Å². The first kappa shape index (κ1) is 11.6. The molecule has 1 aromatic carbocycles. The minimum atomic E-state index is -3.26. The van der Waals surface area contributed by atoms with Crippen molar-refractivity contribution in [1.82, 2.24) is 0 Å². The molecule has 0 aromatic heterocycles. The average molecular weight is 326 g/mol. The van der Waals surface area contributed by atoms with Crippen LogP contribution in [0.1, 0.15) is 18.4 Å². The second-order valence-corrected chi connectivity index (χ2v) is 11.5. The average Bonchev–Trinajstić information content (AvgIpc) is 2.70. The van der Waals surface area contributed by atoms with E-state index in [9.17, 15) is 8.42 Å². The van der Waals surface area contributed by atoms with E-state index in [1.165, 1.54) is 6.42 Å². The molecule has 9 rings (SSSR count). The van der Waals surface area contributed by atoms with Gasteiger partial charge in [-0.25, -0.2) is 8.42 Å². The highest BCUT2D eigenvalue weighted by Crippen LogP contribution is 3.03. The van der Waals surface area contributed by atoms with Crippen molar-refractivity contribution >= 4 is 9.84 Å². The van der Waals surface area contributed by atoms with Crippen LogP contribution in [0.25, 0.3) is 0 Å². The molecule has 4 heteroatoms. The summed E-state index contributed by atoms with van der Waals surface area (Å²) < 4.78 is 33.6. The van der Waals surface area contributed by atoms with Crippen LogP contribution in [0.15, 0.2) is 29.2 Å². The minimum absolute atomic E-state index is 0.00820. The van der Waals surface area contributed by atoms with Gasteiger partial charge in [-0.2, -0.15) is 0 Å². The molecule has 0 unspecified atom stereocenters. The molecule has 8 fully saturated rings. The molecule has 10 atom stereocenters. The highest BCUT2D eigenvalue weighted by atomic mass is 32.2. The molecule has 1 saturated heterocycles. The molecule has 1 aliphatic heterocycles. The molecular weight excluding hydrogens is 308 g/mol. The maximum atomic E-state index is 13.8. The number of epoxide rings is 1.